The van der Waals surface area contributed by atoms with Crippen LogP contribution < -0.4 is 9.80 Å². The molecule has 0 fully saturated rings. The van der Waals surface area contributed by atoms with Crippen LogP contribution in [0.2, 0.25) is 0 Å². The summed E-state index contributed by atoms with van der Waals surface area (Å²) in [6, 6.07) is 17.9. The van der Waals surface area contributed by atoms with Crippen molar-refractivity contribution >= 4 is 47.1 Å². The van der Waals surface area contributed by atoms with E-state index in [1.807, 2.05) is 86.5 Å². The van der Waals surface area contributed by atoms with E-state index in [1.54, 1.807) is 24.3 Å². The molecule has 3 rings (SSSR count). The summed E-state index contributed by atoms with van der Waals surface area (Å²) in [5, 5.41) is 23.3. The van der Waals surface area contributed by atoms with Gasteiger partial charge in [0.1, 0.15) is 0 Å². The molecule has 8 nitrogen and oxygen atoms in total. The van der Waals surface area contributed by atoms with Crippen molar-refractivity contribution < 1.29 is 9.85 Å². The molecule has 0 bridgehead atoms. The zero-order valence-electron chi connectivity index (χ0n) is 19.5. The summed E-state index contributed by atoms with van der Waals surface area (Å²) in [6.45, 7) is 0. The molecule has 0 radical (unpaired) electrons. The first-order chi connectivity index (χ1) is 16.2. The van der Waals surface area contributed by atoms with E-state index in [0.717, 1.165) is 28.6 Å². The van der Waals surface area contributed by atoms with Gasteiger partial charge < -0.3 is 9.80 Å². The number of benzene rings is 3. The van der Waals surface area contributed by atoms with Gasteiger partial charge in [-0.2, -0.15) is 0 Å². The van der Waals surface area contributed by atoms with Gasteiger partial charge in [-0.3, -0.25) is 20.2 Å². The highest BCUT2D eigenvalue weighted by Gasteiger charge is 2.22. The highest BCUT2D eigenvalue weighted by molar-refractivity contribution is 5.82. The predicted molar refractivity (Wildman–Crippen MR) is 139 cm³/mol. The van der Waals surface area contributed by atoms with Gasteiger partial charge in [0.25, 0.3) is 11.4 Å². The Morgan fingerprint density at radius 1 is 0.588 bits per heavy atom. The number of nitrogens with zero attached hydrogens (tertiary/aromatic N) is 4. The third-order valence-corrected chi connectivity index (χ3v) is 5.30. The third kappa shape index (κ3) is 5.86. The van der Waals surface area contributed by atoms with Crippen LogP contribution in [-0.2, 0) is 0 Å². The first-order valence-corrected chi connectivity index (χ1v) is 10.5. The lowest BCUT2D eigenvalue weighted by Gasteiger charge is -2.11. The Morgan fingerprint density at radius 3 is 1.24 bits per heavy atom. The lowest BCUT2D eigenvalue weighted by molar-refractivity contribution is -0.394. The summed E-state index contributed by atoms with van der Waals surface area (Å²) in [5.74, 6) is 0. The van der Waals surface area contributed by atoms with Crippen molar-refractivity contribution in [3.05, 3.63) is 103 Å². The van der Waals surface area contributed by atoms with Crippen molar-refractivity contribution in [1.29, 1.82) is 0 Å². The van der Waals surface area contributed by atoms with Crippen LogP contribution in [0.25, 0.3) is 24.3 Å². The number of nitro benzene ring substituents is 2. The van der Waals surface area contributed by atoms with Gasteiger partial charge in [0.15, 0.2) is 0 Å². The van der Waals surface area contributed by atoms with E-state index in [1.165, 1.54) is 6.07 Å². The number of hydrogen-bond acceptors (Lipinski definition) is 6. The fraction of sp³-hybridized carbons (Fsp3) is 0.154. The maximum absolute atomic E-state index is 11.6. The first kappa shape index (κ1) is 24.2. The summed E-state index contributed by atoms with van der Waals surface area (Å²) >= 11 is 0. The fourth-order valence-corrected chi connectivity index (χ4v) is 3.33. The van der Waals surface area contributed by atoms with Crippen molar-refractivity contribution in [2.75, 3.05) is 38.0 Å². The third-order valence-electron chi connectivity index (χ3n) is 5.30. The summed E-state index contributed by atoms with van der Waals surface area (Å²) < 4.78 is 0. The van der Waals surface area contributed by atoms with Gasteiger partial charge in [0.2, 0.25) is 0 Å². The fourth-order valence-electron chi connectivity index (χ4n) is 3.33. The molecule has 0 spiro atoms. The van der Waals surface area contributed by atoms with Gasteiger partial charge in [0.05, 0.1) is 27.0 Å². The number of hydrogen-bond donors (Lipinski definition) is 0. The van der Waals surface area contributed by atoms with Crippen LogP contribution >= 0.6 is 0 Å². The second-order valence-electron chi connectivity index (χ2n) is 8.12. The van der Waals surface area contributed by atoms with E-state index in [-0.39, 0.29) is 22.5 Å². The van der Waals surface area contributed by atoms with Crippen LogP contribution in [0.1, 0.15) is 22.3 Å². The van der Waals surface area contributed by atoms with Gasteiger partial charge in [0, 0.05) is 39.6 Å². The largest absolute Gasteiger partial charge is 0.378 e. The van der Waals surface area contributed by atoms with E-state index in [4.69, 9.17) is 0 Å². The average Bonchev–Trinajstić information content (AvgIpc) is 2.81. The Hall–Kier alpha value is -4.46. The van der Waals surface area contributed by atoms with E-state index in [2.05, 4.69) is 0 Å². The van der Waals surface area contributed by atoms with Gasteiger partial charge in [-0.1, -0.05) is 36.4 Å². The van der Waals surface area contributed by atoms with Gasteiger partial charge in [-0.05, 0) is 53.6 Å². The Kier molecular flexibility index (Phi) is 7.43. The minimum Gasteiger partial charge on any atom is -0.378 e. The van der Waals surface area contributed by atoms with Crippen LogP contribution in [0.15, 0.2) is 60.7 Å². The van der Waals surface area contributed by atoms with Crippen LogP contribution in [0.4, 0.5) is 22.7 Å². The SMILES string of the molecule is CN(C)c1ccc(C=Cc2cc(C=Cc3ccc(N(C)C)cc3)c([N+](=O)[O-])cc2[N+](=O)[O-])cc1. The van der Waals surface area contributed by atoms with E-state index < -0.39 is 9.85 Å². The molecule has 0 aromatic heterocycles. The standard InChI is InChI=1S/C26H26N4O4/c1-27(2)23-13-7-19(8-14-23)5-11-21-17-22(26(30(33)34)18-25(21)29(31)32)12-6-20-9-15-24(16-10-20)28(3)4/h5-18H,1-4H3. The van der Waals surface area contributed by atoms with Crippen molar-refractivity contribution in [2.24, 2.45) is 0 Å². The summed E-state index contributed by atoms with van der Waals surface area (Å²) in [7, 11) is 7.76. The van der Waals surface area contributed by atoms with E-state index >= 15 is 0 Å². The number of anilines is 2. The topological polar surface area (TPSA) is 92.8 Å². The Morgan fingerprint density at radius 2 is 0.941 bits per heavy atom. The summed E-state index contributed by atoms with van der Waals surface area (Å²) in [6.07, 6.45) is 6.72. The molecule has 0 saturated heterocycles. The quantitative estimate of drug-likeness (QED) is 0.234. The maximum Gasteiger partial charge on any atom is 0.283 e. The summed E-state index contributed by atoms with van der Waals surface area (Å²) in [4.78, 5) is 26.0. The van der Waals surface area contributed by atoms with Gasteiger partial charge in [-0.15, -0.1) is 0 Å². The minimum absolute atomic E-state index is 0.287. The van der Waals surface area contributed by atoms with Crippen LogP contribution in [0.5, 0.6) is 0 Å². The molecule has 174 valence electrons. The van der Waals surface area contributed by atoms with Crippen molar-refractivity contribution in [1.82, 2.24) is 0 Å². The Labute approximate surface area is 198 Å². The molecular formula is C26H26N4O4. The average molecular weight is 459 g/mol. The molecule has 3 aromatic rings. The lowest BCUT2D eigenvalue weighted by Crippen LogP contribution is -2.07. The summed E-state index contributed by atoms with van der Waals surface area (Å²) in [5.41, 5.74) is 3.71. The van der Waals surface area contributed by atoms with Crippen molar-refractivity contribution in [2.45, 2.75) is 0 Å². The Bertz CT molecular complexity index is 1150. The molecular weight excluding hydrogens is 432 g/mol. The molecule has 0 amide bonds. The first-order valence-electron chi connectivity index (χ1n) is 10.5. The highest BCUT2D eigenvalue weighted by atomic mass is 16.6. The zero-order chi connectivity index (χ0) is 24.8. The second-order valence-corrected chi connectivity index (χ2v) is 8.12. The predicted octanol–water partition coefficient (Wildman–Crippen LogP) is 5.98. The highest BCUT2D eigenvalue weighted by Crippen LogP contribution is 2.32. The molecule has 8 heteroatoms. The lowest BCUT2D eigenvalue weighted by atomic mass is 10.0. The zero-order valence-corrected chi connectivity index (χ0v) is 19.5. The smallest absolute Gasteiger partial charge is 0.283 e. The molecule has 3 aromatic carbocycles. The molecule has 0 aliphatic heterocycles. The molecule has 0 aliphatic carbocycles. The molecule has 0 N–H and O–H groups in total. The minimum atomic E-state index is -0.602. The normalized spacial score (nSPS) is 11.2. The molecule has 0 atom stereocenters. The molecule has 0 unspecified atom stereocenters. The van der Waals surface area contributed by atoms with Crippen molar-refractivity contribution in [3.8, 4) is 0 Å². The molecule has 0 aliphatic rings. The van der Waals surface area contributed by atoms with Gasteiger partial charge in [-0.25, -0.2) is 0 Å². The van der Waals surface area contributed by atoms with E-state index in [0.29, 0.717) is 0 Å². The molecule has 34 heavy (non-hydrogen) atoms. The second kappa shape index (κ2) is 10.4. The van der Waals surface area contributed by atoms with Gasteiger partial charge >= 0.3 is 0 Å². The van der Waals surface area contributed by atoms with E-state index in [9.17, 15) is 20.2 Å². The monoisotopic (exact) mass is 458 g/mol. The van der Waals surface area contributed by atoms with Crippen LogP contribution in [-0.4, -0.2) is 38.0 Å². The van der Waals surface area contributed by atoms with Crippen LogP contribution in [0, 0.1) is 20.2 Å². The molecule has 0 saturated carbocycles. The number of nitro groups is 2. The maximum atomic E-state index is 11.6. The van der Waals surface area contributed by atoms with Crippen LogP contribution in [0.3, 0.4) is 0 Å². The Balaban J connectivity index is 1.99. The molecule has 0 heterocycles. The van der Waals surface area contributed by atoms with Crippen molar-refractivity contribution in [3.63, 3.8) is 0 Å². The number of rotatable bonds is 8.